The highest BCUT2D eigenvalue weighted by Crippen LogP contribution is 2.17. The van der Waals surface area contributed by atoms with Crippen LogP contribution in [-0.2, 0) is 25.5 Å². The van der Waals surface area contributed by atoms with Crippen LogP contribution in [0, 0.1) is 5.41 Å². The predicted octanol–water partition coefficient (Wildman–Crippen LogP) is 1.56. The van der Waals surface area contributed by atoms with Crippen LogP contribution in [-0.4, -0.2) is 36.6 Å². The van der Waals surface area contributed by atoms with Crippen LogP contribution in [0.4, 0.5) is 0 Å². The van der Waals surface area contributed by atoms with Crippen molar-refractivity contribution in [3.05, 3.63) is 47.5 Å². The average Bonchev–Trinajstić information content (AvgIpc) is 3.04. The molecule has 126 valence electrons. The van der Waals surface area contributed by atoms with Gasteiger partial charge >= 0.3 is 0 Å². The van der Waals surface area contributed by atoms with Crippen LogP contribution in [0.25, 0.3) is 0 Å². The molecule has 0 aliphatic carbocycles. The Morgan fingerprint density at radius 2 is 2.09 bits per heavy atom. The molecule has 1 aromatic carbocycles. The molecule has 0 bridgehead atoms. The first kappa shape index (κ1) is 18.8. The van der Waals surface area contributed by atoms with Crippen molar-refractivity contribution in [3.63, 3.8) is 0 Å². The van der Waals surface area contributed by atoms with Crippen LogP contribution >= 0.6 is 12.4 Å². The minimum Gasteiger partial charge on any atom is -0.459 e. The van der Waals surface area contributed by atoms with E-state index in [1.165, 1.54) is 11.2 Å². The van der Waals surface area contributed by atoms with Crippen LogP contribution in [0.1, 0.15) is 18.1 Å². The first-order valence-corrected chi connectivity index (χ1v) is 6.88. The van der Waals surface area contributed by atoms with E-state index < -0.39 is 0 Å². The number of hydrogen-bond acceptors (Lipinski definition) is 5. The van der Waals surface area contributed by atoms with Crippen molar-refractivity contribution in [1.29, 1.82) is 5.41 Å². The zero-order valence-corrected chi connectivity index (χ0v) is 13.6. The molecule has 1 aliphatic rings. The Labute approximate surface area is 140 Å². The van der Waals surface area contributed by atoms with E-state index in [2.05, 4.69) is 0 Å². The van der Waals surface area contributed by atoms with Gasteiger partial charge in [-0.25, -0.2) is 0 Å². The number of rotatable bonds is 7. The van der Waals surface area contributed by atoms with Gasteiger partial charge in [0.05, 0.1) is 6.54 Å². The molecule has 23 heavy (non-hydrogen) atoms. The Kier molecular flexibility index (Phi) is 7.37. The molecule has 0 fully saturated rings. The highest BCUT2D eigenvalue weighted by Gasteiger charge is 2.23. The maximum atomic E-state index is 12.2. The van der Waals surface area contributed by atoms with Gasteiger partial charge in [-0.1, -0.05) is 24.3 Å². The monoisotopic (exact) mass is 341 g/mol. The lowest BCUT2D eigenvalue weighted by atomic mass is 10.1. The van der Waals surface area contributed by atoms with Crippen LogP contribution in [0.2, 0.25) is 0 Å². The fraction of sp³-hybridized carbons (Fsp3) is 0.333. The van der Waals surface area contributed by atoms with Crippen molar-refractivity contribution in [2.24, 2.45) is 5.73 Å². The van der Waals surface area contributed by atoms with Gasteiger partial charge in [-0.3, -0.25) is 15.1 Å². The number of benzene rings is 1. The highest BCUT2D eigenvalue weighted by atomic mass is 35.5. The van der Waals surface area contributed by atoms with Crippen molar-refractivity contribution in [2.75, 3.05) is 20.0 Å². The van der Waals surface area contributed by atoms with E-state index in [1.807, 2.05) is 19.1 Å². The summed E-state index contributed by atoms with van der Waals surface area (Å²) in [5.74, 6) is 0.153. The molecule has 7 nitrogen and oxygen atoms in total. The summed E-state index contributed by atoms with van der Waals surface area (Å²) in [7, 11) is 0. The minimum absolute atomic E-state index is 0. The lowest BCUT2D eigenvalue weighted by molar-refractivity contribution is -0.137. The second-order valence-corrected chi connectivity index (χ2v) is 4.61. The number of nitrogens with two attached hydrogens (primary N) is 1. The zero-order valence-electron chi connectivity index (χ0n) is 12.8. The number of amides is 1. The highest BCUT2D eigenvalue weighted by molar-refractivity contribution is 5.94. The molecule has 1 aliphatic heterocycles. The van der Waals surface area contributed by atoms with Gasteiger partial charge in [-0.05, 0) is 12.5 Å². The van der Waals surface area contributed by atoms with E-state index >= 15 is 0 Å². The number of hydrogen-bond donors (Lipinski definition) is 2. The second kappa shape index (κ2) is 9.02. The van der Waals surface area contributed by atoms with Gasteiger partial charge in [0.2, 0.25) is 12.7 Å². The molecule has 3 N–H and O–H groups in total. The fourth-order valence-electron chi connectivity index (χ4n) is 1.90. The normalized spacial score (nSPS) is 12.5. The molecule has 2 rings (SSSR count). The third kappa shape index (κ3) is 5.15. The Balaban J connectivity index is 0.00000264. The summed E-state index contributed by atoms with van der Waals surface area (Å²) in [6, 6.07) is 7.11. The molecule has 0 unspecified atom stereocenters. The predicted molar refractivity (Wildman–Crippen MR) is 86.9 cm³/mol. The minimum atomic E-state index is -0.214. The smallest absolute Gasteiger partial charge is 0.255 e. The molecule has 8 heteroatoms. The maximum absolute atomic E-state index is 12.2. The summed E-state index contributed by atoms with van der Waals surface area (Å²) in [5.41, 5.74) is 6.94. The van der Waals surface area contributed by atoms with Gasteiger partial charge in [-0.2, -0.15) is 0 Å². The topological polar surface area (TPSA) is 97.9 Å². The van der Waals surface area contributed by atoms with Gasteiger partial charge in [0.25, 0.3) is 5.91 Å². The van der Waals surface area contributed by atoms with E-state index in [-0.39, 0.29) is 37.5 Å². The van der Waals surface area contributed by atoms with Gasteiger partial charge in [0, 0.05) is 12.2 Å². The fourth-order valence-corrected chi connectivity index (χ4v) is 1.90. The Hall–Kier alpha value is -2.25. The summed E-state index contributed by atoms with van der Waals surface area (Å²) in [6.07, 6.45) is 1.41. The van der Waals surface area contributed by atoms with Crippen LogP contribution < -0.4 is 5.73 Å². The number of amidine groups is 1. The van der Waals surface area contributed by atoms with Crippen molar-refractivity contribution >= 4 is 24.1 Å². The maximum Gasteiger partial charge on any atom is 0.255 e. The van der Waals surface area contributed by atoms with E-state index in [9.17, 15) is 4.79 Å². The summed E-state index contributed by atoms with van der Waals surface area (Å²) >= 11 is 0. The summed E-state index contributed by atoms with van der Waals surface area (Å²) in [5, 5.41) is 7.38. The molecule has 1 amide bonds. The number of halogens is 1. The molecule has 0 radical (unpaired) electrons. The number of nitrogens with one attached hydrogen (secondary N) is 1. The summed E-state index contributed by atoms with van der Waals surface area (Å²) in [6.45, 7) is 2.68. The Morgan fingerprint density at radius 3 is 2.61 bits per heavy atom. The van der Waals surface area contributed by atoms with Crippen molar-refractivity contribution in [2.45, 2.75) is 13.5 Å². The molecular weight excluding hydrogens is 322 g/mol. The van der Waals surface area contributed by atoms with Crippen molar-refractivity contribution in [3.8, 4) is 0 Å². The molecule has 1 heterocycles. The lowest BCUT2D eigenvalue weighted by Crippen LogP contribution is -2.33. The van der Waals surface area contributed by atoms with E-state index in [0.717, 1.165) is 5.56 Å². The first-order valence-electron chi connectivity index (χ1n) is 6.88. The quantitative estimate of drug-likeness (QED) is 0.579. The molecule has 1 aromatic rings. The largest absolute Gasteiger partial charge is 0.459 e. The van der Waals surface area contributed by atoms with Gasteiger partial charge < -0.3 is 19.9 Å². The first-order chi connectivity index (χ1) is 10.6. The second-order valence-electron chi connectivity index (χ2n) is 4.61. The van der Waals surface area contributed by atoms with Crippen LogP contribution in [0.3, 0.4) is 0 Å². The van der Waals surface area contributed by atoms with E-state index in [1.54, 1.807) is 12.1 Å². The molecule has 0 atom stereocenters. The third-order valence-corrected chi connectivity index (χ3v) is 3.06. The molecule has 0 spiro atoms. The average molecular weight is 342 g/mol. The van der Waals surface area contributed by atoms with Crippen molar-refractivity contribution in [1.82, 2.24) is 4.90 Å². The SMILES string of the molecule is CCOCC(=O)N(Cc1ccc(C(=N)N)cc1)C1=COCO1.Cl. The molecule has 0 aromatic heterocycles. The molecule has 0 saturated carbocycles. The van der Waals surface area contributed by atoms with Crippen molar-refractivity contribution < 1.29 is 19.0 Å². The number of carbonyl (C=O) groups excluding carboxylic acids is 1. The summed E-state index contributed by atoms with van der Waals surface area (Å²) in [4.78, 5) is 13.7. The zero-order chi connectivity index (χ0) is 15.9. The number of nitrogens with zero attached hydrogens (tertiary/aromatic N) is 1. The van der Waals surface area contributed by atoms with Crippen LogP contribution in [0.15, 0.2) is 36.4 Å². The molecular formula is C15H20ClN3O4. The van der Waals surface area contributed by atoms with Gasteiger partial charge in [0.15, 0.2) is 0 Å². The Morgan fingerprint density at radius 1 is 1.39 bits per heavy atom. The van der Waals surface area contributed by atoms with E-state index in [4.69, 9.17) is 25.4 Å². The number of nitrogen functional groups attached to an aromatic ring is 1. The van der Waals surface area contributed by atoms with E-state index in [0.29, 0.717) is 24.6 Å². The number of carbonyl (C=O) groups is 1. The molecule has 0 saturated heterocycles. The third-order valence-electron chi connectivity index (χ3n) is 3.06. The summed E-state index contributed by atoms with van der Waals surface area (Å²) < 4.78 is 15.5. The standard InChI is InChI=1S/C15H19N3O4.ClH/c1-2-20-8-13(19)18(14-9-21-10-22-14)7-11-3-5-12(6-4-11)15(16)17;/h3-6,9H,2,7-8,10H2,1H3,(H3,16,17);1H. The van der Waals surface area contributed by atoms with Gasteiger partial charge in [-0.15, -0.1) is 12.4 Å². The van der Waals surface area contributed by atoms with Gasteiger partial charge in [0.1, 0.15) is 18.7 Å². The lowest BCUT2D eigenvalue weighted by Gasteiger charge is -2.22. The van der Waals surface area contributed by atoms with Crippen LogP contribution in [0.5, 0.6) is 0 Å². The number of ether oxygens (including phenoxy) is 3. The Bertz CT molecular complexity index is 575.